The van der Waals surface area contributed by atoms with Gasteiger partial charge in [-0.1, -0.05) is 6.42 Å². The van der Waals surface area contributed by atoms with Gasteiger partial charge in [-0.05, 0) is 31.6 Å². The molecule has 2 fully saturated rings. The molecule has 1 aliphatic carbocycles. The van der Waals surface area contributed by atoms with Crippen LogP contribution in [0.3, 0.4) is 0 Å². The van der Waals surface area contributed by atoms with Gasteiger partial charge in [0, 0.05) is 30.6 Å². The SMILES string of the molecule is CS(=O)(=O)C1CCCC1(CN)N1CCCSCC1. The van der Waals surface area contributed by atoms with Crippen LogP contribution in [0, 0.1) is 0 Å². The lowest BCUT2D eigenvalue weighted by atomic mass is 9.94. The van der Waals surface area contributed by atoms with Crippen LogP contribution in [0.2, 0.25) is 0 Å². The predicted molar refractivity (Wildman–Crippen MR) is 77.8 cm³/mol. The molecule has 2 rings (SSSR count). The van der Waals surface area contributed by atoms with Gasteiger partial charge in [0.15, 0.2) is 9.84 Å². The van der Waals surface area contributed by atoms with Gasteiger partial charge in [0.1, 0.15) is 0 Å². The number of thioether (sulfide) groups is 1. The Kier molecular flexibility index (Phi) is 4.62. The third kappa shape index (κ3) is 2.71. The highest BCUT2D eigenvalue weighted by Crippen LogP contribution is 2.39. The highest BCUT2D eigenvalue weighted by atomic mass is 32.2. The Morgan fingerprint density at radius 2 is 2.11 bits per heavy atom. The molecule has 6 heteroatoms. The summed E-state index contributed by atoms with van der Waals surface area (Å²) in [5.74, 6) is 2.28. The van der Waals surface area contributed by atoms with Crippen molar-refractivity contribution >= 4 is 21.6 Å². The van der Waals surface area contributed by atoms with Crippen LogP contribution in [-0.4, -0.2) is 61.5 Å². The molecule has 0 bridgehead atoms. The molecule has 0 amide bonds. The molecular formula is C12H24N2O2S2. The summed E-state index contributed by atoms with van der Waals surface area (Å²) in [4.78, 5) is 2.38. The van der Waals surface area contributed by atoms with Crippen LogP contribution in [0.4, 0.5) is 0 Å². The number of nitrogens with two attached hydrogens (primary N) is 1. The van der Waals surface area contributed by atoms with Gasteiger partial charge < -0.3 is 5.73 Å². The van der Waals surface area contributed by atoms with E-state index in [0.29, 0.717) is 6.54 Å². The van der Waals surface area contributed by atoms with Crippen molar-refractivity contribution < 1.29 is 8.42 Å². The Balaban J connectivity index is 2.27. The fraction of sp³-hybridized carbons (Fsp3) is 1.00. The second kappa shape index (κ2) is 5.69. The number of sulfone groups is 1. The summed E-state index contributed by atoms with van der Waals surface area (Å²) in [5.41, 5.74) is 5.73. The molecule has 2 aliphatic rings. The van der Waals surface area contributed by atoms with Crippen LogP contribution in [0.25, 0.3) is 0 Å². The second-order valence-electron chi connectivity index (χ2n) is 5.47. The standard InChI is InChI=1S/C12H24N2O2S2/c1-18(15,16)11-4-2-5-12(11,10-13)14-6-3-8-17-9-7-14/h11H,2-10,13H2,1H3. The Bertz CT molecular complexity index is 378. The molecule has 2 atom stereocenters. The third-order valence-electron chi connectivity index (χ3n) is 4.40. The van der Waals surface area contributed by atoms with Crippen LogP contribution in [0.1, 0.15) is 25.7 Å². The molecule has 1 aliphatic heterocycles. The number of hydrogen-bond donors (Lipinski definition) is 1. The van der Waals surface area contributed by atoms with Crippen molar-refractivity contribution in [1.82, 2.24) is 4.90 Å². The van der Waals surface area contributed by atoms with Gasteiger partial charge in [0.25, 0.3) is 0 Å². The smallest absolute Gasteiger partial charge is 0.152 e. The Morgan fingerprint density at radius 1 is 1.33 bits per heavy atom. The van der Waals surface area contributed by atoms with E-state index >= 15 is 0 Å². The van der Waals surface area contributed by atoms with E-state index in [1.54, 1.807) is 0 Å². The van der Waals surface area contributed by atoms with Crippen LogP contribution >= 0.6 is 11.8 Å². The first kappa shape index (κ1) is 14.6. The van der Waals surface area contributed by atoms with Gasteiger partial charge in [0.05, 0.1) is 5.25 Å². The fourth-order valence-corrected chi connectivity index (χ4v) is 6.19. The van der Waals surface area contributed by atoms with E-state index in [0.717, 1.165) is 44.5 Å². The monoisotopic (exact) mass is 292 g/mol. The average molecular weight is 292 g/mol. The molecule has 1 heterocycles. The molecule has 4 nitrogen and oxygen atoms in total. The van der Waals surface area contributed by atoms with E-state index in [1.165, 1.54) is 12.0 Å². The van der Waals surface area contributed by atoms with Crippen molar-refractivity contribution in [2.75, 3.05) is 37.4 Å². The van der Waals surface area contributed by atoms with E-state index in [-0.39, 0.29) is 10.8 Å². The first-order chi connectivity index (χ1) is 8.50. The molecule has 2 N–H and O–H groups in total. The van der Waals surface area contributed by atoms with Gasteiger partial charge >= 0.3 is 0 Å². The van der Waals surface area contributed by atoms with Crippen molar-refractivity contribution in [2.24, 2.45) is 5.73 Å². The van der Waals surface area contributed by atoms with E-state index in [4.69, 9.17) is 5.73 Å². The maximum atomic E-state index is 12.0. The number of hydrogen-bond acceptors (Lipinski definition) is 5. The summed E-state index contributed by atoms with van der Waals surface area (Å²) in [6.45, 7) is 2.44. The minimum absolute atomic E-state index is 0.266. The van der Waals surface area contributed by atoms with E-state index in [1.807, 2.05) is 11.8 Å². The van der Waals surface area contributed by atoms with Crippen LogP contribution in [-0.2, 0) is 9.84 Å². The fourth-order valence-electron chi connectivity index (χ4n) is 3.55. The molecule has 1 saturated carbocycles. The first-order valence-corrected chi connectivity index (χ1v) is 9.83. The Morgan fingerprint density at radius 3 is 2.78 bits per heavy atom. The van der Waals surface area contributed by atoms with Crippen LogP contribution in [0.5, 0.6) is 0 Å². The second-order valence-corrected chi connectivity index (χ2v) is 8.92. The van der Waals surface area contributed by atoms with Crippen molar-refractivity contribution in [3.05, 3.63) is 0 Å². The van der Waals surface area contributed by atoms with E-state index in [9.17, 15) is 8.42 Å². The molecule has 0 spiro atoms. The van der Waals surface area contributed by atoms with Crippen LogP contribution in [0.15, 0.2) is 0 Å². The first-order valence-electron chi connectivity index (χ1n) is 6.72. The summed E-state index contributed by atoms with van der Waals surface area (Å²) >= 11 is 1.96. The lowest BCUT2D eigenvalue weighted by molar-refractivity contribution is 0.111. The maximum Gasteiger partial charge on any atom is 0.152 e. The van der Waals surface area contributed by atoms with Gasteiger partial charge in [-0.2, -0.15) is 11.8 Å². The maximum absolute atomic E-state index is 12.0. The molecule has 106 valence electrons. The van der Waals surface area contributed by atoms with Gasteiger partial charge in [-0.3, -0.25) is 4.90 Å². The predicted octanol–water partition coefficient (Wildman–Crippen LogP) is 0.720. The quantitative estimate of drug-likeness (QED) is 0.830. The van der Waals surface area contributed by atoms with Crippen molar-refractivity contribution in [3.63, 3.8) is 0 Å². The zero-order valence-electron chi connectivity index (χ0n) is 11.1. The van der Waals surface area contributed by atoms with E-state index in [2.05, 4.69) is 4.90 Å². The molecule has 0 radical (unpaired) electrons. The topological polar surface area (TPSA) is 63.4 Å². The van der Waals surface area contributed by atoms with Crippen LogP contribution < -0.4 is 5.73 Å². The minimum Gasteiger partial charge on any atom is -0.329 e. The molecule has 0 aromatic heterocycles. The van der Waals surface area contributed by atoms with Crippen molar-refractivity contribution in [3.8, 4) is 0 Å². The average Bonchev–Trinajstić information content (AvgIpc) is 2.58. The summed E-state index contributed by atoms with van der Waals surface area (Å²) in [6.07, 6.45) is 5.22. The van der Waals surface area contributed by atoms with Gasteiger partial charge in [-0.15, -0.1) is 0 Å². The zero-order chi connectivity index (χ0) is 13.2. The highest BCUT2D eigenvalue weighted by molar-refractivity contribution is 7.99. The Hall–Kier alpha value is 0.220. The molecule has 1 saturated heterocycles. The summed E-state index contributed by atoms with van der Waals surface area (Å²) in [5, 5.41) is -0.266. The molecular weight excluding hydrogens is 268 g/mol. The minimum atomic E-state index is -3.01. The lowest BCUT2D eigenvalue weighted by Gasteiger charge is -2.43. The largest absolute Gasteiger partial charge is 0.329 e. The van der Waals surface area contributed by atoms with E-state index < -0.39 is 9.84 Å². The molecule has 18 heavy (non-hydrogen) atoms. The molecule has 0 aromatic rings. The van der Waals surface area contributed by atoms with Crippen molar-refractivity contribution in [1.29, 1.82) is 0 Å². The third-order valence-corrected chi connectivity index (χ3v) is 7.15. The number of nitrogens with zero attached hydrogens (tertiary/aromatic N) is 1. The number of rotatable bonds is 3. The lowest BCUT2D eigenvalue weighted by Crippen LogP contribution is -2.61. The highest BCUT2D eigenvalue weighted by Gasteiger charge is 2.50. The molecule has 0 aromatic carbocycles. The molecule has 2 unspecified atom stereocenters. The summed E-state index contributed by atoms with van der Waals surface area (Å²) < 4.78 is 24.1. The van der Waals surface area contributed by atoms with Gasteiger partial charge in [0.2, 0.25) is 0 Å². The summed E-state index contributed by atoms with van der Waals surface area (Å²) in [7, 11) is -3.01. The summed E-state index contributed by atoms with van der Waals surface area (Å²) in [6, 6.07) is 0. The van der Waals surface area contributed by atoms with Crippen molar-refractivity contribution in [2.45, 2.75) is 36.5 Å². The normalized spacial score (nSPS) is 35.6. The zero-order valence-corrected chi connectivity index (χ0v) is 12.7. The van der Waals surface area contributed by atoms with Gasteiger partial charge in [-0.25, -0.2) is 8.42 Å². The Labute approximate surface area is 115 Å².